The molecular weight excluding hydrogens is 411 g/mol. The lowest BCUT2D eigenvalue weighted by Crippen LogP contribution is -2.43. The van der Waals surface area contributed by atoms with Crippen LogP contribution in [-0.4, -0.2) is 29.4 Å². The van der Waals surface area contributed by atoms with Gasteiger partial charge in [0.25, 0.3) is 5.56 Å². The van der Waals surface area contributed by atoms with E-state index in [0.717, 1.165) is 12.1 Å². The van der Waals surface area contributed by atoms with E-state index in [0.29, 0.717) is 29.9 Å². The van der Waals surface area contributed by atoms with E-state index in [1.165, 1.54) is 16.7 Å². The number of nitrogens with zero attached hydrogens (tertiary/aromatic N) is 2. The van der Waals surface area contributed by atoms with Crippen molar-refractivity contribution in [3.8, 4) is 0 Å². The van der Waals surface area contributed by atoms with Gasteiger partial charge in [0.15, 0.2) is 0 Å². The Bertz CT molecular complexity index is 1010. The second-order valence-electron chi connectivity index (χ2n) is 8.70. The summed E-state index contributed by atoms with van der Waals surface area (Å²) >= 11 is 0. The number of fused-ring (bicyclic) bond motifs is 1. The zero-order valence-electron chi connectivity index (χ0n) is 17.9. The second kappa shape index (κ2) is 8.28. The Kier molecular flexibility index (Phi) is 6.07. The molecule has 1 aliphatic rings. The van der Waals surface area contributed by atoms with Crippen molar-refractivity contribution in [3.63, 3.8) is 0 Å². The number of anilines is 2. The van der Waals surface area contributed by atoms with Crippen molar-refractivity contribution >= 4 is 17.5 Å². The highest BCUT2D eigenvalue weighted by Gasteiger charge is 2.32. The van der Waals surface area contributed by atoms with Crippen LogP contribution in [0.15, 0.2) is 41.3 Å². The Labute approximate surface area is 178 Å². The Balaban J connectivity index is 1.88. The molecule has 1 amide bonds. The molecule has 1 N–H and O–H groups in total. The van der Waals surface area contributed by atoms with E-state index in [4.69, 9.17) is 4.74 Å². The molecule has 6 nitrogen and oxygen atoms in total. The molecule has 1 atom stereocenters. The normalized spacial score (nSPS) is 16.6. The number of carbonyl (C=O) groups is 1. The molecule has 31 heavy (non-hydrogen) atoms. The summed E-state index contributed by atoms with van der Waals surface area (Å²) in [5.41, 5.74) is 0.232. The molecule has 1 unspecified atom stereocenters. The molecule has 2 heterocycles. The van der Waals surface area contributed by atoms with Gasteiger partial charge in [-0.15, -0.1) is 0 Å². The van der Waals surface area contributed by atoms with E-state index in [1.807, 2.05) is 4.90 Å². The number of aromatic nitrogens is 1. The molecule has 0 saturated carbocycles. The first kappa shape index (κ1) is 22.7. The van der Waals surface area contributed by atoms with Crippen LogP contribution in [0.4, 0.5) is 29.3 Å². The SMILES string of the molecule is Cn1ccc2c(c1=O)CC(CNC(=O)OC(C)(C)C)CN2c1ccc(C(F)(F)F)cc1. The molecule has 1 aliphatic heterocycles. The molecule has 0 spiro atoms. The number of alkyl carbamates (subject to hydrolysis) is 1. The van der Waals surface area contributed by atoms with E-state index in [2.05, 4.69) is 5.32 Å². The van der Waals surface area contributed by atoms with Crippen molar-refractivity contribution in [2.24, 2.45) is 13.0 Å². The maximum absolute atomic E-state index is 12.9. The summed E-state index contributed by atoms with van der Waals surface area (Å²) in [5.74, 6) is -0.127. The van der Waals surface area contributed by atoms with Gasteiger partial charge in [-0.2, -0.15) is 13.2 Å². The number of rotatable bonds is 3. The third kappa shape index (κ3) is 5.39. The number of alkyl halides is 3. The predicted octanol–water partition coefficient (Wildman–Crippen LogP) is 4.24. The smallest absolute Gasteiger partial charge is 0.416 e. The zero-order valence-corrected chi connectivity index (χ0v) is 17.9. The van der Waals surface area contributed by atoms with Gasteiger partial charge in [0.1, 0.15) is 5.60 Å². The van der Waals surface area contributed by atoms with Crippen molar-refractivity contribution < 1.29 is 22.7 Å². The number of pyridine rings is 1. The first-order valence-electron chi connectivity index (χ1n) is 9.95. The maximum Gasteiger partial charge on any atom is 0.416 e. The molecular formula is C22H26F3N3O3. The fourth-order valence-electron chi connectivity index (χ4n) is 3.58. The van der Waals surface area contributed by atoms with Crippen LogP contribution in [0.25, 0.3) is 0 Å². The van der Waals surface area contributed by atoms with E-state index < -0.39 is 23.4 Å². The third-order valence-electron chi connectivity index (χ3n) is 5.01. The predicted molar refractivity (Wildman–Crippen MR) is 112 cm³/mol. The van der Waals surface area contributed by atoms with Gasteiger partial charge >= 0.3 is 12.3 Å². The first-order chi connectivity index (χ1) is 14.3. The van der Waals surface area contributed by atoms with Crippen LogP contribution < -0.4 is 15.8 Å². The Morgan fingerprint density at radius 2 is 1.81 bits per heavy atom. The molecule has 168 valence electrons. The minimum absolute atomic E-state index is 0.127. The fourth-order valence-corrected chi connectivity index (χ4v) is 3.58. The van der Waals surface area contributed by atoms with Crippen LogP contribution in [0, 0.1) is 5.92 Å². The number of hydrogen-bond acceptors (Lipinski definition) is 4. The lowest BCUT2D eigenvalue weighted by atomic mass is 9.92. The van der Waals surface area contributed by atoms with Crippen LogP contribution >= 0.6 is 0 Å². The number of carbonyl (C=O) groups excluding carboxylic acids is 1. The maximum atomic E-state index is 12.9. The number of benzene rings is 1. The number of hydrogen-bond donors (Lipinski definition) is 1. The largest absolute Gasteiger partial charge is 0.444 e. The molecule has 3 rings (SSSR count). The molecule has 0 saturated heterocycles. The van der Waals surface area contributed by atoms with Crippen molar-refractivity contribution in [2.75, 3.05) is 18.0 Å². The highest BCUT2D eigenvalue weighted by Crippen LogP contribution is 2.36. The van der Waals surface area contributed by atoms with E-state index in [1.54, 1.807) is 40.1 Å². The molecule has 0 bridgehead atoms. The van der Waals surface area contributed by atoms with Crippen molar-refractivity contribution in [2.45, 2.75) is 39.0 Å². The molecule has 0 aliphatic carbocycles. The highest BCUT2D eigenvalue weighted by molar-refractivity contribution is 5.69. The molecule has 1 aromatic carbocycles. The minimum Gasteiger partial charge on any atom is -0.444 e. The minimum atomic E-state index is -4.42. The number of aryl methyl sites for hydroxylation is 1. The van der Waals surface area contributed by atoms with E-state index in [9.17, 15) is 22.8 Å². The third-order valence-corrected chi connectivity index (χ3v) is 5.01. The number of ether oxygens (including phenoxy) is 1. The monoisotopic (exact) mass is 437 g/mol. The first-order valence-corrected chi connectivity index (χ1v) is 9.95. The van der Waals surface area contributed by atoms with Crippen LogP contribution in [0.1, 0.15) is 31.9 Å². The quantitative estimate of drug-likeness (QED) is 0.780. The Morgan fingerprint density at radius 1 is 1.16 bits per heavy atom. The zero-order chi connectivity index (χ0) is 23.0. The second-order valence-corrected chi connectivity index (χ2v) is 8.70. The summed E-state index contributed by atoms with van der Waals surface area (Å²) in [6.45, 7) is 5.99. The summed E-state index contributed by atoms with van der Waals surface area (Å²) in [6, 6.07) is 6.63. The lowest BCUT2D eigenvalue weighted by molar-refractivity contribution is -0.137. The summed E-state index contributed by atoms with van der Waals surface area (Å²) in [4.78, 5) is 26.6. The van der Waals surface area contributed by atoms with Gasteiger partial charge < -0.3 is 19.5 Å². The van der Waals surface area contributed by atoms with Gasteiger partial charge in [0.2, 0.25) is 0 Å². The Morgan fingerprint density at radius 3 is 2.39 bits per heavy atom. The number of nitrogens with one attached hydrogen (secondary N) is 1. The fraction of sp³-hybridized carbons (Fsp3) is 0.455. The molecule has 1 aromatic heterocycles. The van der Waals surface area contributed by atoms with E-state index in [-0.39, 0.29) is 18.0 Å². The molecule has 0 fully saturated rings. The van der Waals surface area contributed by atoms with Crippen LogP contribution in [-0.2, 0) is 24.4 Å². The van der Waals surface area contributed by atoms with Crippen molar-refractivity contribution in [1.29, 1.82) is 0 Å². The van der Waals surface area contributed by atoms with Gasteiger partial charge in [0.05, 0.1) is 11.3 Å². The summed E-state index contributed by atoms with van der Waals surface area (Å²) < 4.78 is 45.6. The molecule has 9 heteroatoms. The molecule has 2 aromatic rings. The Hall–Kier alpha value is -2.97. The molecule has 0 radical (unpaired) electrons. The summed E-state index contributed by atoms with van der Waals surface area (Å²) in [6.07, 6.45) is -2.90. The number of amides is 1. The average Bonchev–Trinajstić information content (AvgIpc) is 2.67. The lowest BCUT2D eigenvalue weighted by Gasteiger charge is -2.36. The van der Waals surface area contributed by atoms with Gasteiger partial charge in [-0.3, -0.25) is 4.79 Å². The average molecular weight is 437 g/mol. The highest BCUT2D eigenvalue weighted by atomic mass is 19.4. The van der Waals surface area contributed by atoms with Crippen LogP contribution in [0.3, 0.4) is 0 Å². The van der Waals surface area contributed by atoms with Crippen LogP contribution in [0.5, 0.6) is 0 Å². The van der Waals surface area contributed by atoms with E-state index >= 15 is 0 Å². The number of halogens is 3. The van der Waals surface area contributed by atoms with Gasteiger partial charge in [0, 0.05) is 37.6 Å². The van der Waals surface area contributed by atoms with Crippen molar-refractivity contribution in [1.82, 2.24) is 9.88 Å². The topological polar surface area (TPSA) is 63.6 Å². The van der Waals surface area contributed by atoms with Gasteiger partial charge in [-0.05, 0) is 63.4 Å². The standard InChI is InChI=1S/C22H26F3N3O3/c1-21(2,3)31-20(30)26-12-14-11-17-18(9-10-27(4)19(17)29)28(13-14)16-7-5-15(6-8-16)22(23,24)25/h5-10,14H,11-13H2,1-4H3,(H,26,30). The van der Waals surface area contributed by atoms with Gasteiger partial charge in [-0.25, -0.2) is 4.79 Å². The summed E-state index contributed by atoms with van der Waals surface area (Å²) in [5, 5.41) is 2.73. The van der Waals surface area contributed by atoms with Gasteiger partial charge in [-0.1, -0.05) is 0 Å². The van der Waals surface area contributed by atoms with Crippen molar-refractivity contribution in [3.05, 3.63) is 58.0 Å². The van der Waals surface area contributed by atoms with Crippen LogP contribution in [0.2, 0.25) is 0 Å². The summed E-state index contributed by atoms with van der Waals surface area (Å²) in [7, 11) is 1.65.